The molecule has 1 aliphatic rings. The number of fused-ring (bicyclic) bond motifs is 1. The Labute approximate surface area is 106 Å². The number of hydrogen-bond donors (Lipinski definition) is 0. The van der Waals surface area contributed by atoms with E-state index >= 15 is 0 Å². The van der Waals surface area contributed by atoms with Crippen LogP contribution in [0, 0.1) is 6.92 Å². The van der Waals surface area contributed by atoms with E-state index in [-0.39, 0.29) is 0 Å². The van der Waals surface area contributed by atoms with Gasteiger partial charge < -0.3 is 4.74 Å². The van der Waals surface area contributed by atoms with E-state index in [0.29, 0.717) is 0 Å². The molecule has 0 atom stereocenters. The van der Waals surface area contributed by atoms with Crippen LogP contribution in [0.4, 0.5) is 0 Å². The second-order valence-electron chi connectivity index (χ2n) is 4.38. The molecule has 3 rings (SSSR count). The summed E-state index contributed by atoms with van der Waals surface area (Å²) in [4.78, 5) is 0. The van der Waals surface area contributed by atoms with Gasteiger partial charge in [-0.3, -0.25) is 0 Å². The van der Waals surface area contributed by atoms with Gasteiger partial charge in [-0.2, -0.15) is 0 Å². The average Bonchev–Trinajstić information content (AvgIpc) is 2.76. The van der Waals surface area contributed by atoms with Crippen LogP contribution in [0.3, 0.4) is 0 Å². The molecule has 17 heavy (non-hydrogen) atoms. The van der Waals surface area contributed by atoms with Gasteiger partial charge in [0.25, 0.3) is 0 Å². The maximum atomic E-state index is 6.26. The quantitative estimate of drug-likeness (QED) is 0.729. The third kappa shape index (κ3) is 1.81. The highest BCUT2D eigenvalue weighted by molar-refractivity contribution is 6.33. The van der Waals surface area contributed by atoms with Crippen molar-refractivity contribution in [2.45, 2.75) is 13.3 Å². The summed E-state index contributed by atoms with van der Waals surface area (Å²) in [6.45, 7) is 2.88. The molecule has 1 heterocycles. The lowest BCUT2D eigenvalue weighted by Crippen LogP contribution is -1.89. The molecule has 0 saturated carbocycles. The van der Waals surface area contributed by atoms with Crippen LogP contribution in [0.5, 0.6) is 5.75 Å². The van der Waals surface area contributed by atoms with Crippen LogP contribution in [0.15, 0.2) is 36.4 Å². The predicted octanol–water partition coefficient (Wildman–Crippen LogP) is 4.25. The summed E-state index contributed by atoms with van der Waals surface area (Å²) < 4.78 is 5.74. The second-order valence-corrected chi connectivity index (χ2v) is 4.79. The fraction of sp³-hybridized carbons (Fsp3) is 0.200. The number of rotatable bonds is 1. The van der Waals surface area contributed by atoms with Gasteiger partial charge in [0.15, 0.2) is 0 Å². The Morgan fingerprint density at radius 3 is 2.76 bits per heavy atom. The molecule has 0 aromatic heterocycles. The molecule has 0 N–H and O–H groups in total. The smallest absolute Gasteiger partial charge is 0.130 e. The van der Waals surface area contributed by atoms with Gasteiger partial charge in [-0.1, -0.05) is 35.9 Å². The molecule has 1 nitrogen and oxygen atoms in total. The monoisotopic (exact) mass is 244 g/mol. The van der Waals surface area contributed by atoms with Gasteiger partial charge in [-0.15, -0.1) is 0 Å². The van der Waals surface area contributed by atoms with Crippen molar-refractivity contribution in [3.8, 4) is 16.9 Å². The molecular weight excluding hydrogens is 232 g/mol. The van der Waals surface area contributed by atoms with Crippen molar-refractivity contribution in [2.75, 3.05) is 6.61 Å². The molecule has 2 aromatic carbocycles. The van der Waals surface area contributed by atoms with Crippen LogP contribution in [0.25, 0.3) is 11.1 Å². The Hall–Kier alpha value is -1.47. The van der Waals surface area contributed by atoms with Crippen molar-refractivity contribution in [1.82, 2.24) is 0 Å². The Morgan fingerprint density at radius 2 is 1.94 bits per heavy atom. The first-order chi connectivity index (χ1) is 8.25. The van der Waals surface area contributed by atoms with E-state index in [4.69, 9.17) is 16.3 Å². The molecule has 86 valence electrons. The zero-order valence-electron chi connectivity index (χ0n) is 9.66. The molecule has 2 aromatic rings. The lowest BCUT2D eigenvalue weighted by Gasteiger charge is -2.11. The number of aryl methyl sites for hydroxylation is 1. The zero-order valence-corrected chi connectivity index (χ0v) is 10.4. The summed E-state index contributed by atoms with van der Waals surface area (Å²) in [5.74, 6) is 1.00. The summed E-state index contributed by atoms with van der Waals surface area (Å²) in [7, 11) is 0. The van der Waals surface area contributed by atoms with E-state index in [1.807, 2.05) is 24.3 Å². The lowest BCUT2D eigenvalue weighted by atomic mass is 9.98. The third-order valence-electron chi connectivity index (χ3n) is 3.09. The molecule has 0 spiro atoms. The molecule has 0 unspecified atom stereocenters. The van der Waals surface area contributed by atoms with E-state index in [0.717, 1.165) is 34.9 Å². The van der Waals surface area contributed by atoms with Gasteiger partial charge in [-0.05, 0) is 30.2 Å². The maximum absolute atomic E-state index is 6.26. The topological polar surface area (TPSA) is 9.23 Å². The van der Waals surface area contributed by atoms with Gasteiger partial charge in [0.05, 0.1) is 6.61 Å². The Bertz CT molecular complexity index is 575. The SMILES string of the molecule is Cc1cc2c(c(-c3ccccc3Cl)c1)OCC2. The van der Waals surface area contributed by atoms with Crippen molar-refractivity contribution in [3.63, 3.8) is 0 Å². The fourth-order valence-corrected chi connectivity index (χ4v) is 2.58. The minimum Gasteiger partial charge on any atom is -0.492 e. The summed E-state index contributed by atoms with van der Waals surface area (Å²) in [6.07, 6.45) is 0.995. The van der Waals surface area contributed by atoms with E-state index in [9.17, 15) is 0 Å². The van der Waals surface area contributed by atoms with E-state index < -0.39 is 0 Å². The molecule has 2 heteroatoms. The Morgan fingerprint density at radius 1 is 1.12 bits per heavy atom. The molecular formula is C15H13ClO. The normalized spacial score (nSPS) is 13.3. The van der Waals surface area contributed by atoms with Crippen molar-refractivity contribution in [1.29, 1.82) is 0 Å². The van der Waals surface area contributed by atoms with Crippen molar-refractivity contribution in [3.05, 3.63) is 52.5 Å². The maximum Gasteiger partial charge on any atom is 0.130 e. The molecule has 0 aliphatic carbocycles. The van der Waals surface area contributed by atoms with Crippen molar-refractivity contribution < 1.29 is 4.74 Å². The summed E-state index contributed by atoms with van der Waals surface area (Å²) in [5.41, 5.74) is 4.71. The van der Waals surface area contributed by atoms with Crippen LogP contribution in [0.1, 0.15) is 11.1 Å². The Kier molecular flexibility index (Phi) is 2.56. The Balaban J connectivity index is 2.25. The first-order valence-electron chi connectivity index (χ1n) is 5.77. The number of hydrogen-bond acceptors (Lipinski definition) is 1. The van der Waals surface area contributed by atoms with Crippen molar-refractivity contribution >= 4 is 11.6 Å². The largest absolute Gasteiger partial charge is 0.492 e. The van der Waals surface area contributed by atoms with Gasteiger partial charge in [0.2, 0.25) is 0 Å². The number of benzene rings is 2. The highest BCUT2D eigenvalue weighted by Gasteiger charge is 2.19. The van der Waals surface area contributed by atoms with Crippen molar-refractivity contribution in [2.24, 2.45) is 0 Å². The third-order valence-corrected chi connectivity index (χ3v) is 3.42. The first-order valence-corrected chi connectivity index (χ1v) is 6.15. The van der Waals surface area contributed by atoms with E-state index in [1.54, 1.807) is 0 Å². The highest BCUT2D eigenvalue weighted by Crippen LogP contribution is 2.40. The van der Waals surface area contributed by atoms with Gasteiger partial charge >= 0.3 is 0 Å². The second kappa shape index (κ2) is 4.08. The predicted molar refractivity (Wildman–Crippen MR) is 70.8 cm³/mol. The molecule has 0 radical (unpaired) electrons. The zero-order chi connectivity index (χ0) is 11.8. The van der Waals surface area contributed by atoms with E-state index in [1.165, 1.54) is 11.1 Å². The molecule has 0 saturated heterocycles. The summed E-state index contributed by atoms with van der Waals surface area (Å²) in [5, 5.41) is 0.774. The lowest BCUT2D eigenvalue weighted by molar-refractivity contribution is 0.358. The standard InChI is InChI=1S/C15H13ClO/c1-10-8-11-6-7-17-15(11)13(9-10)12-4-2-3-5-14(12)16/h2-5,8-9H,6-7H2,1H3. The van der Waals surface area contributed by atoms with Gasteiger partial charge in [0.1, 0.15) is 5.75 Å². The number of halogens is 1. The van der Waals surface area contributed by atoms with E-state index in [2.05, 4.69) is 19.1 Å². The highest BCUT2D eigenvalue weighted by atomic mass is 35.5. The molecule has 1 aliphatic heterocycles. The summed E-state index contributed by atoms with van der Waals surface area (Å²) in [6, 6.07) is 12.3. The molecule has 0 amide bonds. The van der Waals surface area contributed by atoms with Gasteiger partial charge in [-0.25, -0.2) is 0 Å². The number of ether oxygens (including phenoxy) is 1. The van der Waals surface area contributed by atoms with Crippen LogP contribution in [0.2, 0.25) is 5.02 Å². The minimum absolute atomic E-state index is 0.774. The van der Waals surface area contributed by atoms with Crippen LogP contribution < -0.4 is 4.74 Å². The fourth-order valence-electron chi connectivity index (χ4n) is 2.35. The van der Waals surface area contributed by atoms with Crippen LogP contribution >= 0.6 is 11.6 Å². The average molecular weight is 245 g/mol. The summed E-state index contributed by atoms with van der Waals surface area (Å²) >= 11 is 6.26. The molecule has 0 bridgehead atoms. The minimum atomic E-state index is 0.774. The molecule has 0 fully saturated rings. The van der Waals surface area contributed by atoms with Crippen LogP contribution in [-0.2, 0) is 6.42 Å². The van der Waals surface area contributed by atoms with Crippen LogP contribution in [-0.4, -0.2) is 6.61 Å². The first kappa shape index (κ1) is 10.7. The van der Waals surface area contributed by atoms with Gasteiger partial charge in [0, 0.05) is 22.6 Å².